The van der Waals surface area contributed by atoms with Crippen LogP contribution in [0.15, 0.2) is 127 Å². The molecule has 1 unspecified atom stereocenters. The maximum absolute atomic E-state index is 5.07. The Hall–Kier alpha value is -5.16. The average molecular weight is 489 g/mol. The van der Waals surface area contributed by atoms with Crippen LogP contribution in [0.4, 0.5) is 23.0 Å². The number of rotatable bonds is 3. The number of fused-ring (bicyclic) bond motifs is 5. The molecule has 5 heteroatoms. The minimum atomic E-state index is 0.0458. The van der Waals surface area contributed by atoms with Gasteiger partial charge in [0.05, 0.1) is 5.69 Å². The van der Waals surface area contributed by atoms with Gasteiger partial charge in [-0.05, 0) is 64.1 Å². The zero-order valence-electron chi connectivity index (χ0n) is 20.4. The summed E-state index contributed by atoms with van der Waals surface area (Å²) < 4.78 is 2.21. The van der Waals surface area contributed by atoms with E-state index in [1.165, 1.54) is 16.8 Å². The zero-order valence-corrected chi connectivity index (χ0v) is 20.4. The summed E-state index contributed by atoms with van der Waals surface area (Å²) in [7, 11) is 0. The highest BCUT2D eigenvalue weighted by molar-refractivity contribution is 6.20. The maximum atomic E-state index is 5.07. The Labute approximate surface area is 220 Å². The van der Waals surface area contributed by atoms with Crippen molar-refractivity contribution < 1.29 is 0 Å². The van der Waals surface area contributed by atoms with Crippen molar-refractivity contribution >= 4 is 34.3 Å². The highest BCUT2D eigenvalue weighted by atomic mass is 15.3. The Morgan fingerprint density at radius 1 is 0.605 bits per heavy atom. The van der Waals surface area contributed by atoms with E-state index >= 15 is 0 Å². The molecule has 5 nitrogen and oxygen atoms in total. The van der Waals surface area contributed by atoms with Crippen molar-refractivity contribution in [3.05, 3.63) is 133 Å². The fourth-order valence-corrected chi connectivity index (χ4v) is 5.75. The largest absolute Gasteiger partial charge is 0.442 e. The summed E-state index contributed by atoms with van der Waals surface area (Å²) in [6.07, 6.45) is 6.56. The fourth-order valence-electron chi connectivity index (χ4n) is 5.75. The van der Waals surface area contributed by atoms with E-state index in [0.29, 0.717) is 17.6 Å². The molecule has 0 N–H and O–H groups in total. The van der Waals surface area contributed by atoms with Gasteiger partial charge in [0.25, 0.3) is 0 Å². The standard InChI is InChI=1S/C33H22N5/c1-3-12-22(13-4-1)31-34-32(23-14-5-2-6-15-23)36-33(35-31)38-28-20-10-9-19-27(28)37-26-18-8-7-16-24(26)25-17-11-21-29(38)30(25)37/h1-21,30H/q+1. The number of benzene rings is 4. The van der Waals surface area contributed by atoms with E-state index in [1.54, 1.807) is 0 Å². The lowest BCUT2D eigenvalue weighted by atomic mass is 9.92. The molecular weight excluding hydrogens is 466 g/mol. The molecule has 0 amide bonds. The average Bonchev–Trinajstić information content (AvgIpc) is 3.34. The van der Waals surface area contributed by atoms with Gasteiger partial charge in [-0.15, -0.1) is 0 Å². The van der Waals surface area contributed by atoms with Gasteiger partial charge < -0.3 is 4.90 Å². The molecule has 0 saturated carbocycles. The third-order valence-corrected chi connectivity index (χ3v) is 7.38. The van der Waals surface area contributed by atoms with Crippen molar-refractivity contribution in [2.75, 3.05) is 4.90 Å². The number of anilines is 2. The van der Waals surface area contributed by atoms with Gasteiger partial charge in [0.15, 0.2) is 0 Å². The predicted molar refractivity (Wildman–Crippen MR) is 153 cm³/mol. The molecule has 0 fully saturated rings. The number of hydrogen-bond donors (Lipinski definition) is 0. The number of aromatic nitrogens is 3. The molecule has 5 aromatic rings. The molecule has 178 valence electrons. The monoisotopic (exact) mass is 488 g/mol. The van der Waals surface area contributed by atoms with Crippen LogP contribution in [0.1, 0.15) is 5.56 Å². The van der Waals surface area contributed by atoms with Crippen LogP contribution in [0.3, 0.4) is 0 Å². The SMILES string of the molecule is C1=CC2=[N+](c3nc(-c4ccccc4)nc(-c4ccccc4)n3)c3ccccc3N3c4ccccc4C(=C1)C23. The van der Waals surface area contributed by atoms with Gasteiger partial charge in [-0.25, -0.2) is 0 Å². The minimum absolute atomic E-state index is 0.0458. The summed E-state index contributed by atoms with van der Waals surface area (Å²) in [5.74, 6) is 1.92. The Morgan fingerprint density at radius 2 is 1.21 bits per heavy atom. The summed E-state index contributed by atoms with van der Waals surface area (Å²) in [6.45, 7) is 0. The predicted octanol–water partition coefficient (Wildman–Crippen LogP) is 6.97. The van der Waals surface area contributed by atoms with Gasteiger partial charge in [-0.1, -0.05) is 78.9 Å². The smallest absolute Gasteiger partial charge is 0.323 e. The van der Waals surface area contributed by atoms with Gasteiger partial charge >= 0.3 is 5.95 Å². The van der Waals surface area contributed by atoms with Crippen LogP contribution >= 0.6 is 0 Å². The van der Waals surface area contributed by atoms with Crippen LogP contribution in [0.5, 0.6) is 0 Å². The van der Waals surface area contributed by atoms with E-state index in [0.717, 1.165) is 28.2 Å². The first kappa shape index (κ1) is 21.0. The van der Waals surface area contributed by atoms with Crippen LogP contribution in [0.2, 0.25) is 0 Å². The van der Waals surface area contributed by atoms with Crippen molar-refractivity contribution in [3.8, 4) is 22.8 Å². The van der Waals surface area contributed by atoms with Crippen LogP contribution in [0.25, 0.3) is 28.3 Å². The summed E-state index contributed by atoms with van der Waals surface area (Å²) >= 11 is 0. The van der Waals surface area contributed by atoms with Crippen molar-refractivity contribution in [1.29, 1.82) is 0 Å². The summed E-state index contributed by atoms with van der Waals surface area (Å²) in [5.41, 5.74) is 9.00. The lowest BCUT2D eigenvalue weighted by Crippen LogP contribution is -2.43. The third kappa shape index (κ3) is 3.05. The normalized spacial score (nSPS) is 16.6. The lowest BCUT2D eigenvalue weighted by Gasteiger charge is -2.35. The number of nitrogens with zero attached hydrogens (tertiary/aromatic N) is 5. The van der Waals surface area contributed by atoms with E-state index < -0.39 is 0 Å². The second-order valence-electron chi connectivity index (χ2n) is 9.53. The second kappa shape index (κ2) is 8.18. The Bertz CT molecular complexity index is 1760. The first-order valence-corrected chi connectivity index (χ1v) is 12.8. The molecule has 8 rings (SSSR count). The molecule has 38 heavy (non-hydrogen) atoms. The van der Waals surface area contributed by atoms with E-state index in [9.17, 15) is 0 Å². The molecule has 0 saturated heterocycles. The summed E-state index contributed by atoms with van der Waals surface area (Å²) in [4.78, 5) is 17.5. The molecule has 4 aromatic carbocycles. The molecule has 2 aliphatic heterocycles. The van der Waals surface area contributed by atoms with Crippen molar-refractivity contribution in [2.24, 2.45) is 0 Å². The summed E-state index contributed by atoms with van der Waals surface area (Å²) in [5, 5.41) is 0. The highest BCUT2D eigenvalue weighted by Crippen LogP contribution is 2.51. The van der Waals surface area contributed by atoms with Crippen molar-refractivity contribution in [1.82, 2.24) is 19.5 Å². The van der Waals surface area contributed by atoms with E-state index in [1.807, 2.05) is 60.7 Å². The molecule has 0 radical (unpaired) electrons. The molecule has 1 atom stereocenters. The maximum Gasteiger partial charge on any atom is 0.442 e. The molecule has 0 spiro atoms. The number of para-hydroxylation sites is 3. The second-order valence-corrected chi connectivity index (χ2v) is 9.53. The number of allylic oxidation sites excluding steroid dienone is 2. The Balaban J connectivity index is 1.42. The fraction of sp³-hybridized carbons (Fsp3) is 0.0303. The van der Waals surface area contributed by atoms with E-state index in [4.69, 9.17) is 15.0 Å². The minimum Gasteiger partial charge on any atom is -0.323 e. The number of hydrogen-bond acceptors (Lipinski definition) is 4. The topological polar surface area (TPSA) is 44.9 Å². The Kier molecular flexibility index (Phi) is 4.52. The lowest BCUT2D eigenvalue weighted by molar-refractivity contribution is 0.871. The van der Waals surface area contributed by atoms with Crippen molar-refractivity contribution in [2.45, 2.75) is 6.04 Å². The third-order valence-electron chi connectivity index (χ3n) is 7.38. The summed E-state index contributed by atoms with van der Waals surface area (Å²) in [6, 6.07) is 37.5. The van der Waals surface area contributed by atoms with Crippen LogP contribution in [-0.4, -0.2) is 26.7 Å². The molecule has 0 bridgehead atoms. The van der Waals surface area contributed by atoms with Gasteiger partial charge in [0, 0.05) is 22.4 Å². The molecule has 3 aliphatic rings. The van der Waals surface area contributed by atoms with E-state index in [-0.39, 0.29) is 6.04 Å². The quantitative estimate of drug-likeness (QED) is 0.257. The van der Waals surface area contributed by atoms with Gasteiger partial charge in [0.2, 0.25) is 11.6 Å². The highest BCUT2D eigenvalue weighted by Gasteiger charge is 2.45. The van der Waals surface area contributed by atoms with Crippen LogP contribution < -0.4 is 9.48 Å². The first-order valence-electron chi connectivity index (χ1n) is 12.8. The van der Waals surface area contributed by atoms with Crippen LogP contribution in [0, 0.1) is 0 Å². The molecular formula is C33H22N5+. The van der Waals surface area contributed by atoms with Crippen LogP contribution in [-0.2, 0) is 0 Å². The van der Waals surface area contributed by atoms with Gasteiger partial charge in [-0.2, -0.15) is 9.56 Å². The van der Waals surface area contributed by atoms with Gasteiger partial charge in [0.1, 0.15) is 17.4 Å². The molecule has 3 heterocycles. The van der Waals surface area contributed by atoms with Gasteiger partial charge in [-0.3, -0.25) is 0 Å². The Morgan fingerprint density at radius 3 is 1.92 bits per heavy atom. The zero-order chi connectivity index (χ0) is 25.1. The van der Waals surface area contributed by atoms with Crippen molar-refractivity contribution in [3.63, 3.8) is 0 Å². The molecule has 1 aliphatic carbocycles. The van der Waals surface area contributed by atoms with E-state index in [2.05, 4.69) is 76.2 Å². The molecule has 1 aromatic heterocycles. The first-order chi connectivity index (χ1) is 18.9.